The average molecular weight is 369 g/mol. The number of rotatable bonds is 3. The third kappa shape index (κ3) is 3.18. The summed E-state index contributed by atoms with van der Waals surface area (Å²) in [5.74, 6) is 2.50. The molecule has 1 atom stereocenters. The predicted octanol–water partition coefficient (Wildman–Crippen LogP) is 2.65. The summed E-state index contributed by atoms with van der Waals surface area (Å²) < 4.78 is 7.39. The Hall–Kier alpha value is -2.15. The smallest absolute Gasteiger partial charge is 0.257 e. The molecule has 0 aromatic carbocycles. The van der Waals surface area contributed by atoms with Crippen LogP contribution < -0.4 is 0 Å². The fraction of sp³-hybridized carbons (Fsp3) is 0.650. The second-order valence-corrected chi connectivity index (χ2v) is 8.14. The van der Waals surface area contributed by atoms with Crippen molar-refractivity contribution < 1.29 is 9.21 Å². The number of likely N-dealkylation sites (tertiary alicyclic amines) is 1. The van der Waals surface area contributed by atoms with E-state index in [9.17, 15) is 4.79 Å². The van der Waals surface area contributed by atoms with E-state index in [0.717, 1.165) is 56.7 Å². The SMILES string of the molecule is O=C(c1ccoc1)N1CCCC(c2nnc3n2CCN(C2CCCC2)C3)C1. The van der Waals surface area contributed by atoms with Gasteiger partial charge in [-0.05, 0) is 31.7 Å². The van der Waals surface area contributed by atoms with Crippen LogP contribution in [-0.2, 0) is 13.1 Å². The average Bonchev–Trinajstić information content (AvgIpc) is 3.48. The predicted molar refractivity (Wildman–Crippen MR) is 99.3 cm³/mol. The molecular weight excluding hydrogens is 342 g/mol. The molecule has 7 nitrogen and oxygen atoms in total. The summed E-state index contributed by atoms with van der Waals surface area (Å²) in [4.78, 5) is 17.2. The number of aromatic nitrogens is 3. The minimum atomic E-state index is 0.0549. The van der Waals surface area contributed by atoms with Gasteiger partial charge in [0.25, 0.3) is 5.91 Å². The molecule has 1 amide bonds. The van der Waals surface area contributed by atoms with Gasteiger partial charge in [0.15, 0.2) is 0 Å². The van der Waals surface area contributed by atoms with Gasteiger partial charge in [-0.1, -0.05) is 12.8 Å². The van der Waals surface area contributed by atoms with Crippen molar-refractivity contribution in [3.8, 4) is 0 Å². The molecule has 0 N–H and O–H groups in total. The van der Waals surface area contributed by atoms with Crippen molar-refractivity contribution in [2.45, 2.75) is 63.6 Å². The first kappa shape index (κ1) is 17.0. The number of carbonyl (C=O) groups excluding carboxylic acids is 1. The van der Waals surface area contributed by atoms with Crippen LogP contribution >= 0.6 is 0 Å². The van der Waals surface area contributed by atoms with Crippen LogP contribution in [0.4, 0.5) is 0 Å². The summed E-state index contributed by atoms with van der Waals surface area (Å²) in [7, 11) is 0. The Labute approximate surface area is 159 Å². The lowest BCUT2D eigenvalue weighted by Gasteiger charge is -2.35. The molecule has 1 saturated heterocycles. The summed E-state index contributed by atoms with van der Waals surface area (Å²) in [6.45, 7) is 4.50. The van der Waals surface area contributed by atoms with Crippen LogP contribution in [0.15, 0.2) is 23.0 Å². The molecule has 0 spiro atoms. The Bertz CT molecular complexity index is 793. The van der Waals surface area contributed by atoms with Gasteiger partial charge in [0.2, 0.25) is 0 Å². The van der Waals surface area contributed by atoms with Gasteiger partial charge in [0.05, 0.1) is 18.4 Å². The quantitative estimate of drug-likeness (QED) is 0.832. The van der Waals surface area contributed by atoms with Gasteiger partial charge in [-0.25, -0.2) is 0 Å². The molecule has 1 unspecified atom stereocenters. The molecule has 5 rings (SSSR count). The zero-order chi connectivity index (χ0) is 18.2. The molecule has 1 aliphatic carbocycles. The summed E-state index contributed by atoms with van der Waals surface area (Å²) in [5, 5.41) is 9.10. The molecule has 2 aromatic rings. The normalized spacial score (nSPS) is 24.3. The molecule has 0 bridgehead atoms. The van der Waals surface area contributed by atoms with Crippen molar-refractivity contribution in [2.75, 3.05) is 19.6 Å². The minimum Gasteiger partial charge on any atom is -0.472 e. The van der Waals surface area contributed by atoms with Crippen molar-refractivity contribution in [1.82, 2.24) is 24.6 Å². The van der Waals surface area contributed by atoms with Gasteiger partial charge < -0.3 is 13.9 Å². The maximum atomic E-state index is 12.7. The Morgan fingerprint density at radius 3 is 2.78 bits per heavy atom. The van der Waals surface area contributed by atoms with Crippen molar-refractivity contribution >= 4 is 5.91 Å². The highest BCUT2D eigenvalue weighted by Gasteiger charge is 2.33. The van der Waals surface area contributed by atoms with E-state index >= 15 is 0 Å². The van der Waals surface area contributed by atoms with Crippen molar-refractivity contribution in [1.29, 1.82) is 0 Å². The molecule has 3 aliphatic rings. The number of carbonyl (C=O) groups is 1. The van der Waals surface area contributed by atoms with Gasteiger partial charge in [-0.2, -0.15) is 0 Å². The second kappa shape index (κ2) is 7.11. The summed E-state index contributed by atoms with van der Waals surface area (Å²) in [6, 6.07) is 2.47. The Balaban J connectivity index is 1.30. The summed E-state index contributed by atoms with van der Waals surface area (Å²) >= 11 is 0. The minimum absolute atomic E-state index is 0.0549. The lowest BCUT2D eigenvalue weighted by molar-refractivity contribution is 0.0701. The molecule has 2 aromatic heterocycles. The molecular formula is C20H27N5O2. The highest BCUT2D eigenvalue weighted by Crippen LogP contribution is 2.30. The number of fused-ring (bicyclic) bond motifs is 1. The van der Waals surface area contributed by atoms with Crippen LogP contribution in [0.5, 0.6) is 0 Å². The number of hydrogen-bond acceptors (Lipinski definition) is 5. The van der Waals surface area contributed by atoms with Gasteiger partial charge in [0.1, 0.15) is 17.9 Å². The zero-order valence-electron chi connectivity index (χ0n) is 15.7. The largest absolute Gasteiger partial charge is 0.472 e. The number of hydrogen-bond donors (Lipinski definition) is 0. The molecule has 2 aliphatic heterocycles. The van der Waals surface area contributed by atoms with Crippen molar-refractivity contribution in [3.05, 3.63) is 35.8 Å². The van der Waals surface area contributed by atoms with Crippen LogP contribution in [0.25, 0.3) is 0 Å². The zero-order valence-corrected chi connectivity index (χ0v) is 15.7. The first-order valence-corrected chi connectivity index (χ1v) is 10.3. The molecule has 0 radical (unpaired) electrons. The molecule has 7 heteroatoms. The summed E-state index contributed by atoms with van der Waals surface area (Å²) in [6.07, 6.45) is 10.5. The third-order valence-corrected chi connectivity index (χ3v) is 6.49. The lowest BCUT2D eigenvalue weighted by Crippen LogP contribution is -2.42. The Morgan fingerprint density at radius 1 is 1.07 bits per heavy atom. The maximum Gasteiger partial charge on any atom is 0.257 e. The molecule has 27 heavy (non-hydrogen) atoms. The fourth-order valence-corrected chi connectivity index (χ4v) is 5.02. The Morgan fingerprint density at radius 2 is 1.96 bits per heavy atom. The van der Waals surface area contributed by atoms with Crippen molar-refractivity contribution in [3.63, 3.8) is 0 Å². The number of furan rings is 1. The first-order chi connectivity index (χ1) is 13.3. The van der Waals surface area contributed by atoms with E-state index < -0.39 is 0 Å². The topological polar surface area (TPSA) is 67.4 Å². The van der Waals surface area contributed by atoms with Gasteiger partial charge in [0, 0.05) is 38.1 Å². The van der Waals surface area contributed by atoms with Gasteiger partial charge >= 0.3 is 0 Å². The van der Waals surface area contributed by atoms with E-state index in [2.05, 4.69) is 19.7 Å². The van der Waals surface area contributed by atoms with E-state index in [-0.39, 0.29) is 11.8 Å². The van der Waals surface area contributed by atoms with E-state index in [1.165, 1.54) is 31.9 Å². The number of amides is 1. The van der Waals surface area contributed by atoms with E-state index in [1.54, 1.807) is 12.3 Å². The van der Waals surface area contributed by atoms with Crippen LogP contribution in [0, 0.1) is 0 Å². The first-order valence-electron chi connectivity index (χ1n) is 10.3. The van der Waals surface area contributed by atoms with E-state index in [0.29, 0.717) is 12.1 Å². The maximum absolute atomic E-state index is 12.7. The van der Waals surface area contributed by atoms with Gasteiger partial charge in [-0.3, -0.25) is 9.69 Å². The van der Waals surface area contributed by atoms with Crippen molar-refractivity contribution in [2.24, 2.45) is 0 Å². The highest BCUT2D eigenvalue weighted by atomic mass is 16.3. The number of nitrogens with zero attached hydrogens (tertiary/aromatic N) is 5. The van der Waals surface area contributed by atoms with E-state index in [1.807, 2.05) is 4.90 Å². The van der Waals surface area contributed by atoms with E-state index in [4.69, 9.17) is 4.42 Å². The fourth-order valence-electron chi connectivity index (χ4n) is 5.02. The molecule has 144 valence electrons. The van der Waals surface area contributed by atoms with Crippen LogP contribution in [0.1, 0.15) is 66.4 Å². The number of piperidine rings is 1. The molecule has 2 fully saturated rings. The van der Waals surface area contributed by atoms with Gasteiger partial charge in [-0.15, -0.1) is 10.2 Å². The van der Waals surface area contributed by atoms with Crippen LogP contribution in [-0.4, -0.2) is 56.1 Å². The van der Waals surface area contributed by atoms with Crippen LogP contribution in [0.2, 0.25) is 0 Å². The Kier molecular flexibility index (Phi) is 4.47. The standard InChI is InChI=1S/C20H27N5O2/c26-20(16-7-11-27-14-16)24-8-3-4-15(12-24)19-22-21-18-13-23(9-10-25(18)19)17-5-1-2-6-17/h7,11,14-15,17H,1-6,8-10,12-13H2. The monoisotopic (exact) mass is 369 g/mol. The third-order valence-electron chi connectivity index (χ3n) is 6.49. The molecule has 4 heterocycles. The lowest BCUT2D eigenvalue weighted by atomic mass is 9.96. The highest BCUT2D eigenvalue weighted by molar-refractivity contribution is 5.93. The second-order valence-electron chi connectivity index (χ2n) is 8.14. The van der Waals surface area contributed by atoms with Crippen LogP contribution in [0.3, 0.4) is 0 Å². The summed E-state index contributed by atoms with van der Waals surface area (Å²) in [5.41, 5.74) is 0.631. The molecule has 1 saturated carbocycles.